The standard InChI is InChI=1S/C25H28ClF3N4O2/c1-5-24(23(34)35)9-6-10-32(13-24)22-21(14(2)3)15(4)30-20-12-19(31-33(20)22)17-8-7-16(11-18(17)26)25(27,28)29/h7-8,11-12,14H,5-6,9-10,13H2,1-4H3,(H,34,35)/t24-/m1/s1. The zero-order chi connectivity index (χ0) is 25.7. The number of halogens is 4. The Morgan fingerprint density at radius 2 is 2.00 bits per heavy atom. The Bertz CT molecular complexity index is 1290. The molecule has 1 N–H and O–H groups in total. The highest BCUT2D eigenvalue weighted by Gasteiger charge is 2.42. The molecule has 1 atom stereocenters. The second-order valence-corrected chi connectivity index (χ2v) is 9.95. The number of benzene rings is 1. The maximum Gasteiger partial charge on any atom is 0.416 e. The molecule has 10 heteroatoms. The third-order valence-corrected chi connectivity index (χ3v) is 7.27. The van der Waals surface area contributed by atoms with Crippen molar-refractivity contribution in [2.45, 2.75) is 59.1 Å². The highest BCUT2D eigenvalue weighted by Crippen LogP contribution is 2.40. The third kappa shape index (κ3) is 4.46. The molecule has 0 amide bonds. The number of carbonyl (C=O) groups is 1. The van der Waals surface area contributed by atoms with Gasteiger partial charge in [-0.2, -0.15) is 22.8 Å². The summed E-state index contributed by atoms with van der Waals surface area (Å²) >= 11 is 6.24. The van der Waals surface area contributed by atoms with Gasteiger partial charge in [0.25, 0.3) is 0 Å². The topological polar surface area (TPSA) is 70.7 Å². The fraction of sp³-hybridized carbons (Fsp3) is 0.480. The summed E-state index contributed by atoms with van der Waals surface area (Å²) in [4.78, 5) is 19.0. The van der Waals surface area contributed by atoms with Gasteiger partial charge in [0.2, 0.25) is 0 Å². The van der Waals surface area contributed by atoms with Gasteiger partial charge in [-0.15, -0.1) is 0 Å². The second kappa shape index (κ2) is 9.00. The Balaban J connectivity index is 1.89. The summed E-state index contributed by atoms with van der Waals surface area (Å²) in [6.45, 7) is 8.91. The maximum atomic E-state index is 13.1. The third-order valence-electron chi connectivity index (χ3n) is 6.96. The maximum absolute atomic E-state index is 13.1. The number of aromatic nitrogens is 3. The number of piperidine rings is 1. The largest absolute Gasteiger partial charge is 0.481 e. The Kier molecular flexibility index (Phi) is 6.51. The van der Waals surface area contributed by atoms with Gasteiger partial charge in [-0.1, -0.05) is 38.4 Å². The summed E-state index contributed by atoms with van der Waals surface area (Å²) < 4.78 is 41.0. The van der Waals surface area contributed by atoms with E-state index in [1.807, 2.05) is 27.7 Å². The van der Waals surface area contributed by atoms with E-state index in [2.05, 4.69) is 4.90 Å². The fourth-order valence-corrected chi connectivity index (χ4v) is 5.33. The van der Waals surface area contributed by atoms with E-state index in [0.717, 1.165) is 35.6 Å². The van der Waals surface area contributed by atoms with Crippen molar-refractivity contribution in [2.24, 2.45) is 5.41 Å². The number of carboxylic acids is 1. The summed E-state index contributed by atoms with van der Waals surface area (Å²) in [5.74, 6) is 0.0538. The SMILES string of the molecule is CC[C@@]1(C(=O)O)CCCN(c2c(C(C)C)c(C)nc3cc(-c4ccc(C(F)(F)F)cc4Cl)nn23)C1. The first-order valence-corrected chi connectivity index (χ1v) is 12.0. The van der Waals surface area contributed by atoms with Crippen molar-refractivity contribution in [3.8, 4) is 11.3 Å². The van der Waals surface area contributed by atoms with Crippen molar-refractivity contribution < 1.29 is 23.1 Å². The minimum atomic E-state index is -4.50. The summed E-state index contributed by atoms with van der Waals surface area (Å²) in [7, 11) is 0. The van der Waals surface area contributed by atoms with E-state index in [1.165, 1.54) is 6.07 Å². The van der Waals surface area contributed by atoms with Gasteiger partial charge >= 0.3 is 12.1 Å². The number of anilines is 1. The number of fused-ring (bicyclic) bond motifs is 1. The summed E-state index contributed by atoms with van der Waals surface area (Å²) in [5, 5.41) is 14.7. The molecule has 1 fully saturated rings. The van der Waals surface area contributed by atoms with E-state index < -0.39 is 23.1 Å². The Morgan fingerprint density at radius 1 is 1.29 bits per heavy atom. The molecule has 1 aliphatic heterocycles. The molecule has 0 spiro atoms. The molecule has 188 valence electrons. The fourth-order valence-electron chi connectivity index (χ4n) is 5.05. The van der Waals surface area contributed by atoms with E-state index >= 15 is 0 Å². The van der Waals surface area contributed by atoms with Crippen LogP contribution in [0.25, 0.3) is 16.9 Å². The number of hydrogen-bond acceptors (Lipinski definition) is 4. The molecule has 0 radical (unpaired) electrons. The average Bonchev–Trinajstić information content (AvgIpc) is 3.20. The van der Waals surface area contributed by atoms with Crippen molar-refractivity contribution in [1.29, 1.82) is 0 Å². The van der Waals surface area contributed by atoms with Crippen molar-refractivity contribution in [2.75, 3.05) is 18.0 Å². The molecule has 1 aliphatic rings. The normalized spacial score (nSPS) is 19.1. The molecule has 6 nitrogen and oxygen atoms in total. The Labute approximate surface area is 206 Å². The minimum absolute atomic E-state index is 0.0561. The lowest BCUT2D eigenvalue weighted by Gasteiger charge is -2.41. The molecule has 0 unspecified atom stereocenters. The number of carboxylic acid groups (broad SMARTS) is 1. The molecule has 1 saturated heterocycles. The first kappa shape index (κ1) is 25.3. The molecule has 1 aromatic carbocycles. The average molecular weight is 509 g/mol. The van der Waals surface area contributed by atoms with Gasteiger partial charge in [-0.25, -0.2) is 4.98 Å². The van der Waals surface area contributed by atoms with E-state index in [1.54, 1.807) is 10.6 Å². The predicted molar refractivity (Wildman–Crippen MR) is 129 cm³/mol. The smallest absolute Gasteiger partial charge is 0.416 e. The number of aliphatic carboxylic acids is 1. The molecule has 4 rings (SSSR count). The number of hydrogen-bond donors (Lipinski definition) is 1. The number of aryl methyl sites for hydroxylation is 1. The first-order valence-electron chi connectivity index (χ1n) is 11.6. The lowest BCUT2D eigenvalue weighted by atomic mass is 9.77. The van der Waals surface area contributed by atoms with E-state index in [4.69, 9.17) is 21.7 Å². The van der Waals surface area contributed by atoms with Gasteiger partial charge in [0.05, 0.1) is 21.7 Å². The molecule has 2 aromatic heterocycles. The summed E-state index contributed by atoms with van der Waals surface area (Å²) in [6.07, 6.45) is -2.66. The van der Waals surface area contributed by atoms with Crippen LogP contribution in [-0.4, -0.2) is 38.8 Å². The van der Waals surface area contributed by atoms with Crippen LogP contribution in [0.2, 0.25) is 5.02 Å². The van der Waals surface area contributed by atoms with E-state index in [0.29, 0.717) is 42.8 Å². The van der Waals surface area contributed by atoms with Crippen molar-refractivity contribution in [1.82, 2.24) is 14.6 Å². The number of rotatable bonds is 5. The van der Waals surface area contributed by atoms with Crippen LogP contribution >= 0.6 is 11.6 Å². The minimum Gasteiger partial charge on any atom is -0.481 e. The van der Waals surface area contributed by atoms with Crippen LogP contribution in [0.15, 0.2) is 24.3 Å². The van der Waals surface area contributed by atoms with E-state index in [9.17, 15) is 23.1 Å². The highest BCUT2D eigenvalue weighted by atomic mass is 35.5. The molecule has 0 aliphatic carbocycles. The summed E-state index contributed by atoms with van der Waals surface area (Å²) in [6, 6.07) is 4.89. The van der Waals surface area contributed by atoms with Crippen LogP contribution in [0.4, 0.5) is 19.0 Å². The van der Waals surface area contributed by atoms with Gasteiger partial charge in [0.1, 0.15) is 5.82 Å². The quantitative estimate of drug-likeness (QED) is 0.421. The van der Waals surface area contributed by atoms with Gasteiger partial charge in [0, 0.05) is 36.0 Å². The molecular formula is C25H28ClF3N4O2. The van der Waals surface area contributed by atoms with E-state index in [-0.39, 0.29) is 10.9 Å². The summed E-state index contributed by atoms with van der Waals surface area (Å²) in [5.41, 5.74) is 1.36. The second-order valence-electron chi connectivity index (χ2n) is 9.55. The number of nitrogens with zero attached hydrogens (tertiary/aromatic N) is 4. The van der Waals surface area contributed by atoms with Crippen molar-refractivity contribution in [3.63, 3.8) is 0 Å². The van der Waals surface area contributed by atoms with Crippen LogP contribution in [0.5, 0.6) is 0 Å². The monoisotopic (exact) mass is 508 g/mol. The van der Waals surface area contributed by atoms with Gasteiger partial charge in [-0.05, 0) is 44.2 Å². The zero-order valence-corrected chi connectivity index (χ0v) is 20.8. The molecule has 3 aromatic rings. The van der Waals surface area contributed by atoms with Crippen LogP contribution in [0.3, 0.4) is 0 Å². The van der Waals surface area contributed by atoms with Gasteiger partial charge in [0.15, 0.2) is 5.65 Å². The lowest BCUT2D eigenvalue weighted by Crippen LogP contribution is -2.48. The molecular weight excluding hydrogens is 481 g/mol. The van der Waals surface area contributed by atoms with Crippen LogP contribution in [0, 0.1) is 12.3 Å². The van der Waals surface area contributed by atoms with Crippen LogP contribution < -0.4 is 4.90 Å². The number of alkyl halides is 3. The van der Waals surface area contributed by atoms with Gasteiger partial charge in [-0.3, -0.25) is 4.79 Å². The van der Waals surface area contributed by atoms with Crippen molar-refractivity contribution in [3.05, 3.63) is 46.1 Å². The van der Waals surface area contributed by atoms with Gasteiger partial charge < -0.3 is 10.0 Å². The Morgan fingerprint density at radius 3 is 2.57 bits per heavy atom. The molecule has 0 saturated carbocycles. The van der Waals surface area contributed by atoms with Crippen LogP contribution in [-0.2, 0) is 11.0 Å². The zero-order valence-electron chi connectivity index (χ0n) is 20.1. The molecule has 0 bridgehead atoms. The van der Waals surface area contributed by atoms with Crippen molar-refractivity contribution >= 4 is 29.0 Å². The highest BCUT2D eigenvalue weighted by molar-refractivity contribution is 6.33. The molecule has 35 heavy (non-hydrogen) atoms. The Hall–Kier alpha value is -2.81. The first-order chi connectivity index (χ1) is 16.4. The molecule has 3 heterocycles. The lowest BCUT2D eigenvalue weighted by molar-refractivity contribution is -0.149. The van der Waals surface area contributed by atoms with Crippen LogP contribution in [0.1, 0.15) is 62.8 Å². The predicted octanol–water partition coefficient (Wildman–Crippen LogP) is 6.58.